The number of hydrogen-bond acceptors (Lipinski definition) is 7. The number of hydrazone groups is 1. The smallest absolute Gasteiger partial charge is 0.177 e. The normalized spacial score (nSPS) is 21.6. The Hall–Kier alpha value is -3.65. The molecule has 1 aromatic heterocycles. The van der Waals surface area contributed by atoms with Crippen molar-refractivity contribution in [3.8, 4) is 11.1 Å². The van der Waals surface area contributed by atoms with Crippen molar-refractivity contribution in [3.63, 3.8) is 0 Å². The van der Waals surface area contributed by atoms with Crippen molar-refractivity contribution in [1.82, 2.24) is 15.3 Å². The number of aldehydes is 2. The molecule has 2 aromatic carbocycles. The molecule has 0 radical (unpaired) electrons. The third-order valence-corrected chi connectivity index (χ3v) is 7.20. The number of carbonyl (C=O) groups excluding carboxylic acids is 2. The van der Waals surface area contributed by atoms with E-state index in [0.29, 0.717) is 23.9 Å². The van der Waals surface area contributed by atoms with Crippen LogP contribution in [0, 0.1) is 11.7 Å². The molecule has 1 N–H and O–H groups in total. The lowest BCUT2D eigenvalue weighted by Crippen LogP contribution is -2.55. The number of nitrogens with zero attached hydrogens (tertiary/aromatic N) is 4. The Morgan fingerprint density at radius 1 is 1.09 bits per heavy atom. The Balaban J connectivity index is 1.23. The maximum absolute atomic E-state index is 15.4. The van der Waals surface area contributed by atoms with E-state index < -0.39 is 12.0 Å². The Morgan fingerprint density at radius 2 is 1.88 bits per heavy atom. The van der Waals surface area contributed by atoms with Crippen molar-refractivity contribution >= 4 is 35.0 Å². The lowest BCUT2D eigenvalue weighted by molar-refractivity contribution is -0.116. The van der Waals surface area contributed by atoms with Crippen LogP contribution < -0.4 is 10.3 Å². The van der Waals surface area contributed by atoms with E-state index in [1.165, 1.54) is 6.07 Å². The van der Waals surface area contributed by atoms with E-state index >= 15 is 4.39 Å². The van der Waals surface area contributed by atoms with Gasteiger partial charge < -0.3 is 4.79 Å². The van der Waals surface area contributed by atoms with Gasteiger partial charge >= 0.3 is 0 Å². The SMILES string of the molecule is O=CC1NN=C(CC2CN(C3(C=O)CC3)C2)N1c1ccc(-c2ccc3cccnc3c2)cc1F. The zero-order valence-corrected chi connectivity index (χ0v) is 18.5. The molecule has 0 amide bonds. The van der Waals surface area contributed by atoms with Gasteiger partial charge in [-0.2, -0.15) is 5.10 Å². The quantitative estimate of drug-likeness (QED) is 0.549. The highest BCUT2D eigenvalue weighted by Crippen LogP contribution is 2.44. The first kappa shape index (κ1) is 20.9. The summed E-state index contributed by atoms with van der Waals surface area (Å²) < 4.78 is 15.4. The molecule has 3 aromatic rings. The molecule has 1 saturated carbocycles. The summed E-state index contributed by atoms with van der Waals surface area (Å²) in [4.78, 5) is 31.3. The van der Waals surface area contributed by atoms with Gasteiger partial charge in [0.2, 0.25) is 0 Å². The maximum atomic E-state index is 15.4. The average Bonchev–Trinajstić information content (AvgIpc) is 3.53. The number of hydrogen-bond donors (Lipinski definition) is 1. The summed E-state index contributed by atoms with van der Waals surface area (Å²) in [6, 6.07) is 14.8. The monoisotopic (exact) mass is 457 g/mol. The van der Waals surface area contributed by atoms with Gasteiger partial charge in [-0.15, -0.1) is 0 Å². The lowest BCUT2D eigenvalue weighted by atomic mass is 9.92. The Labute approximate surface area is 196 Å². The van der Waals surface area contributed by atoms with Crippen LogP contribution in [-0.4, -0.2) is 53.1 Å². The minimum atomic E-state index is -0.749. The second-order valence-electron chi connectivity index (χ2n) is 9.38. The number of halogens is 1. The maximum Gasteiger partial charge on any atom is 0.177 e. The summed E-state index contributed by atoms with van der Waals surface area (Å²) in [5.41, 5.74) is 5.33. The van der Waals surface area contributed by atoms with Crippen molar-refractivity contribution in [1.29, 1.82) is 0 Å². The van der Waals surface area contributed by atoms with Gasteiger partial charge in [0.05, 0.1) is 16.7 Å². The number of benzene rings is 2. The molecule has 3 aliphatic rings. The highest BCUT2D eigenvalue weighted by molar-refractivity contribution is 6.03. The van der Waals surface area contributed by atoms with E-state index in [2.05, 4.69) is 20.4 Å². The molecular weight excluding hydrogens is 433 g/mol. The predicted octanol–water partition coefficient (Wildman–Crippen LogP) is 3.34. The van der Waals surface area contributed by atoms with Gasteiger partial charge in [-0.1, -0.05) is 24.3 Å². The van der Waals surface area contributed by atoms with E-state index in [0.717, 1.165) is 60.5 Å². The molecule has 1 atom stereocenters. The third kappa shape index (κ3) is 3.45. The highest BCUT2D eigenvalue weighted by atomic mass is 19.1. The number of fused-ring (bicyclic) bond motifs is 1. The molecule has 8 heteroatoms. The van der Waals surface area contributed by atoms with Crippen LogP contribution in [0.15, 0.2) is 59.8 Å². The van der Waals surface area contributed by atoms with Crippen molar-refractivity contribution < 1.29 is 14.0 Å². The first-order chi connectivity index (χ1) is 16.6. The van der Waals surface area contributed by atoms with Crippen LogP contribution in [0.2, 0.25) is 0 Å². The Kier molecular flexibility index (Phi) is 4.91. The van der Waals surface area contributed by atoms with Gasteiger partial charge in [-0.3, -0.25) is 25.0 Å². The first-order valence-electron chi connectivity index (χ1n) is 11.5. The van der Waals surface area contributed by atoms with Crippen LogP contribution in [0.5, 0.6) is 0 Å². The minimum absolute atomic E-state index is 0.253. The second kappa shape index (κ2) is 7.99. The molecule has 0 spiro atoms. The molecular formula is C26H24FN5O2. The van der Waals surface area contributed by atoms with E-state index in [4.69, 9.17) is 0 Å². The van der Waals surface area contributed by atoms with Gasteiger partial charge in [0, 0.05) is 31.1 Å². The van der Waals surface area contributed by atoms with Gasteiger partial charge in [0.25, 0.3) is 0 Å². The standard InChI is InChI=1S/C26H24FN5O2/c27-21-11-19(20-4-3-18-2-1-9-28-22(18)12-20)5-6-23(21)32-24(29-30-25(32)15-33)10-17-13-31(14-17)26(16-34)7-8-26/h1-6,9,11-12,15-17,25,30H,7-8,10,13-14H2. The van der Waals surface area contributed by atoms with Crippen molar-refractivity contribution in [3.05, 3.63) is 60.5 Å². The van der Waals surface area contributed by atoms with Gasteiger partial charge in [-0.05, 0) is 54.2 Å². The van der Waals surface area contributed by atoms with Crippen LogP contribution in [0.25, 0.3) is 22.0 Å². The zero-order valence-electron chi connectivity index (χ0n) is 18.5. The molecule has 172 valence electrons. The van der Waals surface area contributed by atoms with Crippen LogP contribution in [-0.2, 0) is 9.59 Å². The summed E-state index contributed by atoms with van der Waals surface area (Å²) >= 11 is 0. The van der Waals surface area contributed by atoms with E-state index in [1.54, 1.807) is 17.2 Å². The van der Waals surface area contributed by atoms with E-state index in [9.17, 15) is 9.59 Å². The number of pyridine rings is 1. The molecule has 1 unspecified atom stereocenters. The van der Waals surface area contributed by atoms with Crippen molar-refractivity contribution in [2.75, 3.05) is 18.0 Å². The largest absolute Gasteiger partial charge is 0.301 e. The molecule has 0 bridgehead atoms. The molecule has 2 aliphatic heterocycles. The van der Waals surface area contributed by atoms with Crippen molar-refractivity contribution in [2.45, 2.75) is 31.0 Å². The number of amidine groups is 1. The molecule has 3 heterocycles. The number of nitrogens with one attached hydrogen (secondary N) is 1. The fourth-order valence-electron chi connectivity index (χ4n) is 5.02. The topological polar surface area (TPSA) is 77.9 Å². The molecule has 34 heavy (non-hydrogen) atoms. The fraction of sp³-hybridized carbons (Fsp3) is 0.308. The van der Waals surface area contributed by atoms with Crippen LogP contribution in [0.1, 0.15) is 19.3 Å². The van der Waals surface area contributed by atoms with Gasteiger partial charge in [-0.25, -0.2) is 4.39 Å². The first-order valence-corrected chi connectivity index (χ1v) is 11.5. The zero-order chi connectivity index (χ0) is 23.3. The molecule has 2 fully saturated rings. The fourth-order valence-corrected chi connectivity index (χ4v) is 5.02. The van der Waals surface area contributed by atoms with E-state index in [1.807, 2.05) is 36.4 Å². The average molecular weight is 458 g/mol. The Morgan fingerprint density at radius 3 is 2.62 bits per heavy atom. The molecule has 1 saturated heterocycles. The van der Waals surface area contributed by atoms with E-state index in [-0.39, 0.29) is 5.54 Å². The number of aromatic nitrogens is 1. The molecule has 7 nitrogen and oxygen atoms in total. The van der Waals surface area contributed by atoms with Crippen molar-refractivity contribution in [2.24, 2.45) is 11.0 Å². The molecule has 6 rings (SSSR count). The summed E-state index contributed by atoms with van der Waals surface area (Å²) in [5, 5.41) is 5.37. The van der Waals surface area contributed by atoms with Gasteiger partial charge in [0.15, 0.2) is 12.5 Å². The van der Waals surface area contributed by atoms with Gasteiger partial charge in [0.1, 0.15) is 17.9 Å². The Bertz CT molecular complexity index is 1320. The summed E-state index contributed by atoms with van der Waals surface area (Å²) in [7, 11) is 0. The number of likely N-dealkylation sites (tertiary alicyclic amines) is 1. The minimum Gasteiger partial charge on any atom is -0.301 e. The lowest BCUT2D eigenvalue weighted by Gasteiger charge is -2.43. The number of carbonyl (C=O) groups is 2. The summed E-state index contributed by atoms with van der Waals surface area (Å²) in [5.74, 6) is 0.535. The summed E-state index contributed by atoms with van der Waals surface area (Å²) in [6.07, 6.45) is 5.25. The second-order valence-corrected chi connectivity index (χ2v) is 9.38. The predicted molar refractivity (Wildman–Crippen MR) is 128 cm³/mol. The van der Waals surface area contributed by atoms with Crippen LogP contribution >= 0.6 is 0 Å². The molecule has 1 aliphatic carbocycles. The van der Waals surface area contributed by atoms with Crippen LogP contribution in [0.3, 0.4) is 0 Å². The summed E-state index contributed by atoms with van der Waals surface area (Å²) in [6.45, 7) is 1.63. The third-order valence-electron chi connectivity index (χ3n) is 7.20. The number of anilines is 1. The van der Waals surface area contributed by atoms with Crippen LogP contribution in [0.4, 0.5) is 10.1 Å². The highest BCUT2D eigenvalue weighted by Gasteiger charge is 2.52. The number of rotatable bonds is 7.